The molecule has 228 valence electrons. The molecule has 0 fully saturated rings. The molecule has 7 rings (SSSR count). The first-order chi connectivity index (χ1) is 22.5. The molecule has 0 aliphatic carbocycles. The van der Waals surface area contributed by atoms with E-state index in [1.54, 1.807) is 6.92 Å². The molecule has 0 aliphatic heterocycles. The normalized spacial score (nSPS) is 12.1. The summed E-state index contributed by atoms with van der Waals surface area (Å²) in [7, 11) is 0. The van der Waals surface area contributed by atoms with Gasteiger partial charge in [0.25, 0.3) is 0 Å². The summed E-state index contributed by atoms with van der Waals surface area (Å²) in [5.41, 5.74) is 10.2. The first-order valence-corrected chi connectivity index (χ1v) is 16.3. The van der Waals surface area contributed by atoms with Crippen molar-refractivity contribution in [1.29, 1.82) is 0 Å². The number of aliphatic hydroxyl groups is 1. The van der Waals surface area contributed by atoms with Crippen LogP contribution in [0.1, 0.15) is 78.3 Å². The minimum absolute atomic E-state index is 0.0713. The van der Waals surface area contributed by atoms with E-state index in [2.05, 4.69) is 155 Å². The molecule has 0 heterocycles. The van der Waals surface area contributed by atoms with Crippen LogP contribution in [0.15, 0.2) is 109 Å². The number of aliphatic hydroxyl groups excluding tert-OH is 1. The Labute approximate surface area is 278 Å². The van der Waals surface area contributed by atoms with Gasteiger partial charge in [0.15, 0.2) is 0 Å². The Balaban J connectivity index is 1.49. The van der Waals surface area contributed by atoms with E-state index >= 15 is 0 Å². The molecule has 0 bridgehead atoms. The highest BCUT2D eigenvalue weighted by atomic mass is 16.3. The molecule has 1 atom stereocenters. The quantitative estimate of drug-likeness (QED) is 0.153. The molecule has 1 N–H and O–H groups in total. The Hall–Kier alpha value is -5.34. The fourth-order valence-corrected chi connectivity index (χ4v) is 6.38. The van der Waals surface area contributed by atoms with Gasteiger partial charge in [0, 0.05) is 27.8 Å². The van der Waals surface area contributed by atoms with E-state index in [4.69, 9.17) is 0 Å². The SMILES string of the molecule is Cc1ccc(C#Cc2cc(C(C)O)cc(C#Cc3ccc(C)cc3)c2-c2cc3ccc4cc(C(C)(C)C)cc5ccc(c2)c3c45)cc1. The third kappa shape index (κ3) is 6.00. The molecule has 1 nitrogen and oxygen atoms in total. The summed E-state index contributed by atoms with van der Waals surface area (Å²) in [6.45, 7) is 12.8. The number of benzene rings is 7. The summed E-state index contributed by atoms with van der Waals surface area (Å²) in [6.07, 6.45) is -0.660. The third-order valence-corrected chi connectivity index (χ3v) is 9.12. The van der Waals surface area contributed by atoms with Crippen LogP contribution in [-0.4, -0.2) is 5.11 Å². The highest BCUT2D eigenvalue weighted by Crippen LogP contribution is 2.41. The van der Waals surface area contributed by atoms with Gasteiger partial charge in [-0.25, -0.2) is 0 Å². The Morgan fingerprint density at radius 1 is 0.532 bits per heavy atom. The maximum Gasteiger partial charge on any atom is 0.0762 e. The second-order valence-electron chi connectivity index (χ2n) is 13.9. The lowest BCUT2D eigenvalue weighted by molar-refractivity contribution is 0.199. The lowest BCUT2D eigenvalue weighted by atomic mass is 9.82. The molecular formula is C46H38O. The van der Waals surface area contributed by atoms with E-state index in [-0.39, 0.29) is 5.41 Å². The Kier molecular flexibility index (Phi) is 7.60. The molecule has 0 saturated carbocycles. The zero-order chi connectivity index (χ0) is 32.9. The van der Waals surface area contributed by atoms with Gasteiger partial charge in [0.05, 0.1) is 6.10 Å². The molecule has 7 aromatic rings. The van der Waals surface area contributed by atoms with Crippen LogP contribution in [0.2, 0.25) is 0 Å². The number of hydrogen-bond acceptors (Lipinski definition) is 1. The molecule has 0 amide bonds. The summed E-state index contributed by atoms with van der Waals surface area (Å²) >= 11 is 0. The molecule has 7 aromatic carbocycles. The van der Waals surface area contributed by atoms with Gasteiger partial charge in [-0.1, -0.05) is 116 Å². The minimum atomic E-state index is -0.660. The van der Waals surface area contributed by atoms with Crippen LogP contribution in [0.5, 0.6) is 0 Å². The third-order valence-electron chi connectivity index (χ3n) is 9.12. The van der Waals surface area contributed by atoms with Crippen molar-refractivity contribution < 1.29 is 5.11 Å². The molecule has 1 heteroatoms. The smallest absolute Gasteiger partial charge is 0.0762 e. The Morgan fingerprint density at radius 2 is 0.936 bits per heavy atom. The monoisotopic (exact) mass is 606 g/mol. The van der Waals surface area contributed by atoms with Crippen molar-refractivity contribution in [2.24, 2.45) is 0 Å². The average molecular weight is 607 g/mol. The van der Waals surface area contributed by atoms with Crippen LogP contribution in [0.3, 0.4) is 0 Å². The second kappa shape index (κ2) is 11.8. The van der Waals surface area contributed by atoms with E-state index in [1.165, 1.54) is 49.0 Å². The molecule has 47 heavy (non-hydrogen) atoms. The fraction of sp³-hybridized carbons (Fsp3) is 0.174. The van der Waals surface area contributed by atoms with Crippen LogP contribution < -0.4 is 0 Å². The first kappa shape index (κ1) is 30.3. The summed E-state index contributed by atoms with van der Waals surface area (Å²) in [6, 6.07) is 38.9. The van der Waals surface area contributed by atoms with Gasteiger partial charge in [0.1, 0.15) is 0 Å². The maximum atomic E-state index is 10.8. The molecule has 0 saturated heterocycles. The van der Waals surface area contributed by atoms with Crippen LogP contribution in [0, 0.1) is 37.5 Å². The van der Waals surface area contributed by atoms with Crippen LogP contribution in [0.25, 0.3) is 43.4 Å². The zero-order valence-electron chi connectivity index (χ0n) is 27.9. The highest BCUT2D eigenvalue weighted by Gasteiger charge is 2.19. The van der Waals surface area contributed by atoms with Gasteiger partial charge < -0.3 is 5.11 Å². The maximum absolute atomic E-state index is 10.8. The summed E-state index contributed by atoms with van der Waals surface area (Å²) in [5.74, 6) is 13.8. The Bertz CT molecular complexity index is 2260. The largest absolute Gasteiger partial charge is 0.389 e. The molecule has 0 aromatic heterocycles. The van der Waals surface area contributed by atoms with Crippen molar-refractivity contribution in [2.45, 2.75) is 53.1 Å². The summed E-state index contributed by atoms with van der Waals surface area (Å²) < 4.78 is 0. The van der Waals surface area contributed by atoms with Gasteiger partial charge >= 0.3 is 0 Å². The molecular weight excluding hydrogens is 569 g/mol. The van der Waals surface area contributed by atoms with E-state index in [0.717, 1.165) is 38.9 Å². The van der Waals surface area contributed by atoms with Crippen LogP contribution in [-0.2, 0) is 5.41 Å². The van der Waals surface area contributed by atoms with Crippen molar-refractivity contribution in [2.75, 3.05) is 0 Å². The van der Waals surface area contributed by atoms with Crippen molar-refractivity contribution in [1.82, 2.24) is 0 Å². The lowest BCUT2D eigenvalue weighted by Crippen LogP contribution is -2.10. The van der Waals surface area contributed by atoms with Gasteiger partial charge in [-0.05, 0) is 124 Å². The standard InChI is InChI=1S/C46H38O/c1-29-7-11-32(12-8-29)15-17-34-23-40(31(3)47)24-35(18-16-33-13-9-30(2)10-14-33)43(34)41-25-36-19-21-38-27-42(46(4,5)6)28-39-22-20-37(26-41)44(36)45(38)39/h7-14,19-28,31,47H,1-6H3. The second-order valence-corrected chi connectivity index (χ2v) is 13.9. The van der Waals surface area contributed by atoms with Crippen molar-refractivity contribution >= 4 is 32.3 Å². The molecule has 0 radical (unpaired) electrons. The van der Waals surface area contributed by atoms with Gasteiger partial charge in [-0.15, -0.1) is 0 Å². The van der Waals surface area contributed by atoms with E-state index in [0.29, 0.717) is 0 Å². The predicted molar refractivity (Wildman–Crippen MR) is 199 cm³/mol. The highest BCUT2D eigenvalue weighted by molar-refractivity contribution is 6.24. The fourth-order valence-electron chi connectivity index (χ4n) is 6.38. The van der Waals surface area contributed by atoms with Gasteiger partial charge in [0.2, 0.25) is 0 Å². The van der Waals surface area contributed by atoms with Crippen LogP contribution in [0.4, 0.5) is 0 Å². The minimum Gasteiger partial charge on any atom is -0.389 e. The molecule has 0 aliphatic rings. The molecule has 1 unspecified atom stereocenters. The number of aryl methyl sites for hydroxylation is 2. The lowest BCUT2D eigenvalue weighted by Gasteiger charge is -2.22. The number of rotatable bonds is 2. The van der Waals surface area contributed by atoms with Gasteiger partial charge in [-0.3, -0.25) is 0 Å². The van der Waals surface area contributed by atoms with E-state index in [1.807, 2.05) is 12.1 Å². The van der Waals surface area contributed by atoms with Crippen molar-refractivity contribution in [3.63, 3.8) is 0 Å². The topological polar surface area (TPSA) is 20.2 Å². The Morgan fingerprint density at radius 3 is 1.32 bits per heavy atom. The molecule has 0 spiro atoms. The van der Waals surface area contributed by atoms with E-state index < -0.39 is 6.10 Å². The average Bonchev–Trinajstić information content (AvgIpc) is 3.05. The zero-order valence-corrected chi connectivity index (χ0v) is 27.9. The summed E-state index contributed by atoms with van der Waals surface area (Å²) in [5, 5.41) is 18.3. The van der Waals surface area contributed by atoms with Crippen molar-refractivity contribution in [3.8, 4) is 34.8 Å². The van der Waals surface area contributed by atoms with Crippen LogP contribution >= 0.6 is 0 Å². The number of hydrogen-bond donors (Lipinski definition) is 1. The first-order valence-electron chi connectivity index (χ1n) is 16.3. The summed E-state index contributed by atoms with van der Waals surface area (Å²) in [4.78, 5) is 0. The van der Waals surface area contributed by atoms with E-state index in [9.17, 15) is 5.11 Å². The predicted octanol–water partition coefficient (Wildman–Crippen LogP) is 11.0. The van der Waals surface area contributed by atoms with Crippen molar-refractivity contribution in [3.05, 3.63) is 154 Å². The van der Waals surface area contributed by atoms with Gasteiger partial charge in [-0.2, -0.15) is 0 Å².